The topological polar surface area (TPSA) is 130 Å². The Bertz CT molecular complexity index is 2300. The molecule has 4 heterocycles. The van der Waals surface area contributed by atoms with Gasteiger partial charge in [0.2, 0.25) is 17.7 Å². The number of nitrogens with one attached hydrogen (secondary N) is 2. The molecule has 8 rings (SSSR count). The normalized spacial score (nSPS) is 24.8. The van der Waals surface area contributed by atoms with Crippen molar-refractivity contribution in [2.45, 2.75) is 121 Å². The van der Waals surface area contributed by atoms with E-state index in [0.717, 1.165) is 97.2 Å². The molecule has 66 heavy (non-hydrogen) atoms. The van der Waals surface area contributed by atoms with Crippen molar-refractivity contribution in [2.75, 3.05) is 55.7 Å². The standard InChI is InChI=1S/C51H65ClN8O4S2/c1-35(2)59-44(61)30-55-49(66-34-51(59,40-18-16-36(3)17-19-40)47(64)56-42-14-7-5-6-8-15-42)58-27-24-39(32-58)38-13-11-12-37(28-38)29-53-46(63)50(4)33-65-48(57-25-9-10-26-57)54-31-45(62)60(50)43-22-20-41(52)21-23-43/h11-13,16-23,28,35,39,42H,5-10,14-15,24-27,29-34H2,1-4H3,(H,53,63)(H,56,64). The molecule has 3 aromatic rings. The maximum absolute atomic E-state index is 15.0. The van der Waals surface area contributed by atoms with E-state index >= 15 is 0 Å². The van der Waals surface area contributed by atoms with E-state index in [1.54, 1.807) is 45.8 Å². The number of anilines is 1. The van der Waals surface area contributed by atoms with Crippen molar-refractivity contribution in [3.63, 3.8) is 0 Å². The van der Waals surface area contributed by atoms with E-state index in [9.17, 15) is 19.2 Å². The minimum absolute atomic E-state index is 0.0357. The largest absolute Gasteiger partial charge is 0.351 e. The van der Waals surface area contributed by atoms with Crippen LogP contribution in [0.1, 0.15) is 107 Å². The minimum atomic E-state index is -1.22. The number of aliphatic imine (C=N–C) groups is 2. The van der Waals surface area contributed by atoms with Crippen molar-refractivity contribution in [3.8, 4) is 0 Å². The lowest BCUT2D eigenvalue weighted by molar-refractivity contribution is -0.149. The van der Waals surface area contributed by atoms with Crippen LogP contribution < -0.4 is 15.5 Å². The first-order valence-electron chi connectivity index (χ1n) is 23.9. The van der Waals surface area contributed by atoms with Gasteiger partial charge in [-0.3, -0.25) is 34.1 Å². The van der Waals surface area contributed by atoms with E-state index < -0.39 is 11.1 Å². The molecular formula is C51H65ClN8O4S2. The summed E-state index contributed by atoms with van der Waals surface area (Å²) in [4.78, 5) is 75.4. The average Bonchev–Trinajstić information content (AvgIpc) is 3.96. The van der Waals surface area contributed by atoms with Gasteiger partial charge in [-0.05, 0) is 101 Å². The highest BCUT2D eigenvalue weighted by atomic mass is 35.5. The van der Waals surface area contributed by atoms with Gasteiger partial charge in [-0.15, -0.1) is 0 Å². The third-order valence-electron chi connectivity index (χ3n) is 13.9. The fourth-order valence-corrected chi connectivity index (χ4v) is 12.9. The van der Waals surface area contributed by atoms with Crippen molar-refractivity contribution in [2.24, 2.45) is 9.98 Å². The molecule has 352 valence electrons. The summed E-state index contributed by atoms with van der Waals surface area (Å²) < 4.78 is 0. The highest BCUT2D eigenvalue weighted by Crippen LogP contribution is 2.40. The number of likely N-dealkylation sites (tertiary alicyclic amines) is 2. The minimum Gasteiger partial charge on any atom is -0.351 e. The number of amides is 4. The van der Waals surface area contributed by atoms with Gasteiger partial charge in [0, 0.05) is 72.9 Å². The Morgan fingerprint density at radius 3 is 2.15 bits per heavy atom. The van der Waals surface area contributed by atoms with Crippen molar-refractivity contribution >= 4 is 74.8 Å². The zero-order valence-electron chi connectivity index (χ0n) is 38.9. The quantitative estimate of drug-likeness (QED) is 0.206. The third-order valence-corrected chi connectivity index (χ3v) is 16.7. The summed E-state index contributed by atoms with van der Waals surface area (Å²) in [5.74, 6) is 0.125. The molecule has 2 N–H and O–H groups in total. The lowest BCUT2D eigenvalue weighted by atomic mass is 9.86. The van der Waals surface area contributed by atoms with Gasteiger partial charge in [0.1, 0.15) is 18.6 Å². The summed E-state index contributed by atoms with van der Waals surface area (Å²) in [5.41, 5.74) is 2.22. The third kappa shape index (κ3) is 10.5. The summed E-state index contributed by atoms with van der Waals surface area (Å²) in [6.07, 6.45) is 9.51. The maximum atomic E-state index is 15.0. The molecule has 1 aliphatic carbocycles. The molecular weight excluding hydrogens is 888 g/mol. The first-order chi connectivity index (χ1) is 31.9. The molecule has 4 amide bonds. The van der Waals surface area contributed by atoms with Crippen LogP contribution in [0.2, 0.25) is 5.02 Å². The molecule has 3 fully saturated rings. The number of halogens is 1. The number of hydrogen-bond acceptors (Lipinski definition) is 10. The summed E-state index contributed by atoms with van der Waals surface area (Å²) >= 11 is 9.37. The van der Waals surface area contributed by atoms with E-state index in [4.69, 9.17) is 21.6 Å². The molecule has 0 aromatic heterocycles. The van der Waals surface area contributed by atoms with Crippen LogP contribution in [-0.2, 0) is 31.3 Å². The molecule has 5 aliphatic rings. The Hall–Kier alpha value is -4.53. The molecule has 3 unspecified atom stereocenters. The highest BCUT2D eigenvalue weighted by Gasteiger charge is 2.51. The van der Waals surface area contributed by atoms with Crippen LogP contribution in [0.3, 0.4) is 0 Å². The fourth-order valence-electron chi connectivity index (χ4n) is 10.3. The fraction of sp³-hybridized carbons (Fsp3) is 0.529. The van der Waals surface area contributed by atoms with Crippen LogP contribution in [0, 0.1) is 6.92 Å². The van der Waals surface area contributed by atoms with Crippen LogP contribution in [0.25, 0.3) is 0 Å². The van der Waals surface area contributed by atoms with Gasteiger partial charge in [-0.2, -0.15) is 0 Å². The van der Waals surface area contributed by atoms with Gasteiger partial charge in [0.15, 0.2) is 15.9 Å². The number of thioether (sulfide) groups is 2. The Kier molecular flexibility index (Phi) is 15.4. The SMILES string of the molecule is Cc1ccc(C2(C(=O)NC3CCCCCC3)CSC(N3CCC(c4cccc(CNC(=O)C5(C)CSC(N6CCCC6)=NCC(=O)N5c5ccc(Cl)cc5)c4)C3)=NCC(=O)N2C(C)C)cc1. The van der Waals surface area contributed by atoms with Gasteiger partial charge in [-0.1, -0.05) is 115 Å². The number of carbonyl (C=O) groups is 4. The first-order valence-corrected chi connectivity index (χ1v) is 26.2. The zero-order valence-corrected chi connectivity index (χ0v) is 41.3. The lowest BCUT2D eigenvalue weighted by Crippen LogP contribution is -2.64. The van der Waals surface area contributed by atoms with E-state index in [1.165, 1.54) is 24.6 Å². The number of aryl methyl sites for hydroxylation is 1. The highest BCUT2D eigenvalue weighted by molar-refractivity contribution is 8.14. The monoisotopic (exact) mass is 952 g/mol. The van der Waals surface area contributed by atoms with E-state index in [1.807, 2.05) is 64.1 Å². The molecule has 0 radical (unpaired) electrons. The Labute approximate surface area is 404 Å². The van der Waals surface area contributed by atoms with Gasteiger partial charge < -0.3 is 25.3 Å². The van der Waals surface area contributed by atoms with Crippen LogP contribution in [0.4, 0.5) is 5.69 Å². The number of benzene rings is 3. The second-order valence-electron chi connectivity index (χ2n) is 19.1. The van der Waals surface area contributed by atoms with Crippen LogP contribution in [-0.4, -0.2) is 117 Å². The number of carbonyl (C=O) groups excluding carboxylic acids is 4. The molecule has 0 bridgehead atoms. The van der Waals surface area contributed by atoms with Crippen molar-refractivity contribution < 1.29 is 19.2 Å². The Balaban J connectivity index is 0.982. The number of hydrogen-bond donors (Lipinski definition) is 2. The predicted octanol–water partition coefficient (Wildman–Crippen LogP) is 8.12. The smallest absolute Gasteiger partial charge is 0.251 e. The molecule has 15 heteroatoms. The second-order valence-corrected chi connectivity index (χ2v) is 21.4. The first kappa shape index (κ1) is 47.9. The van der Waals surface area contributed by atoms with Crippen molar-refractivity contribution in [3.05, 3.63) is 100 Å². The average molecular weight is 954 g/mol. The van der Waals surface area contributed by atoms with E-state index in [-0.39, 0.29) is 54.7 Å². The summed E-state index contributed by atoms with van der Waals surface area (Å²) in [6, 6.07) is 23.4. The molecule has 2 saturated heterocycles. The van der Waals surface area contributed by atoms with Gasteiger partial charge >= 0.3 is 0 Å². The van der Waals surface area contributed by atoms with Gasteiger partial charge in [0.05, 0.1) is 0 Å². The molecule has 1 saturated carbocycles. The summed E-state index contributed by atoms with van der Waals surface area (Å²) in [7, 11) is 0. The van der Waals surface area contributed by atoms with Gasteiger partial charge in [-0.25, -0.2) is 0 Å². The summed E-state index contributed by atoms with van der Waals surface area (Å²) in [6.45, 7) is 11.4. The predicted molar refractivity (Wildman–Crippen MR) is 269 cm³/mol. The zero-order chi connectivity index (χ0) is 46.4. The van der Waals surface area contributed by atoms with Crippen LogP contribution in [0.5, 0.6) is 0 Å². The summed E-state index contributed by atoms with van der Waals surface area (Å²) in [5, 5.41) is 8.84. The van der Waals surface area contributed by atoms with Crippen LogP contribution in [0.15, 0.2) is 82.8 Å². The molecule has 4 aliphatic heterocycles. The number of nitrogens with zero attached hydrogens (tertiary/aromatic N) is 6. The van der Waals surface area contributed by atoms with Crippen molar-refractivity contribution in [1.82, 2.24) is 25.3 Å². The molecule has 12 nitrogen and oxygen atoms in total. The maximum Gasteiger partial charge on any atom is 0.251 e. The van der Waals surface area contributed by atoms with E-state index in [0.29, 0.717) is 35.3 Å². The molecule has 0 spiro atoms. The lowest BCUT2D eigenvalue weighted by Gasteiger charge is -2.46. The number of rotatable bonds is 9. The van der Waals surface area contributed by atoms with E-state index in [2.05, 4.69) is 32.6 Å². The van der Waals surface area contributed by atoms with Gasteiger partial charge in [0.25, 0.3) is 5.91 Å². The molecule has 3 atom stereocenters. The Morgan fingerprint density at radius 2 is 1.45 bits per heavy atom. The van der Waals surface area contributed by atoms with Crippen LogP contribution >= 0.6 is 35.1 Å². The Morgan fingerprint density at radius 1 is 0.788 bits per heavy atom. The second kappa shape index (κ2) is 21.2. The number of amidine groups is 2. The van der Waals surface area contributed by atoms with Crippen molar-refractivity contribution in [1.29, 1.82) is 0 Å². The molecule has 3 aromatic carbocycles.